The number of imidazole rings is 1. The van der Waals surface area contributed by atoms with E-state index in [1.165, 1.54) is 50.0 Å². The topological polar surface area (TPSA) is 110 Å². The van der Waals surface area contributed by atoms with Crippen LogP contribution in [0.2, 0.25) is 0 Å². The highest BCUT2D eigenvalue weighted by Gasteiger charge is 2.34. The lowest BCUT2D eigenvalue weighted by Crippen LogP contribution is -2.44. The van der Waals surface area contributed by atoms with Crippen LogP contribution < -0.4 is 5.32 Å². The van der Waals surface area contributed by atoms with E-state index in [0.29, 0.717) is 30.2 Å². The molecule has 1 fully saturated rings. The minimum atomic E-state index is -4.56. The number of aromatic nitrogens is 3. The van der Waals surface area contributed by atoms with Gasteiger partial charge in [-0.3, -0.25) is 20.1 Å². The number of piperazine rings is 1. The third-order valence-corrected chi connectivity index (χ3v) is 6.21. The number of H-pyrrole nitrogens is 1. The van der Waals surface area contributed by atoms with Crippen LogP contribution in [0.25, 0.3) is 6.08 Å². The van der Waals surface area contributed by atoms with Crippen LogP contribution in [0.4, 0.5) is 18.9 Å². The van der Waals surface area contributed by atoms with E-state index in [4.69, 9.17) is 10.1 Å². The second-order valence-electron chi connectivity index (χ2n) is 9.20. The van der Waals surface area contributed by atoms with Gasteiger partial charge in [0.15, 0.2) is 0 Å². The zero-order valence-corrected chi connectivity index (χ0v) is 22.0. The van der Waals surface area contributed by atoms with E-state index >= 15 is 0 Å². The van der Waals surface area contributed by atoms with Crippen molar-refractivity contribution in [2.24, 2.45) is 0 Å². The van der Waals surface area contributed by atoms with Crippen LogP contribution in [-0.4, -0.2) is 76.9 Å². The van der Waals surface area contributed by atoms with Crippen molar-refractivity contribution in [3.63, 3.8) is 0 Å². The molecule has 1 amide bonds. The summed E-state index contributed by atoms with van der Waals surface area (Å²) in [5, 5.41) is 9.98. The lowest BCUT2D eigenvalue weighted by molar-refractivity contribution is -0.138. The van der Waals surface area contributed by atoms with E-state index in [1.54, 1.807) is 6.08 Å². The number of nitrogens with zero attached hydrogens (tertiary/aromatic N) is 4. The SMILES string of the molecule is COC(=N)/C=C\c1ncc(C#Cc2cncc(C(=O)Nc3ccc(CN4CCN(C)CC4)c(C(F)(F)F)c3)c2)[nH]1. The smallest absolute Gasteiger partial charge is 0.416 e. The van der Waals surface area contributed by atoms with Gasteiger partial charge in [0, 0.05) is 62.4 Å². The molecule has 3 heterocycles. The van der Waals surface area contributed by atoms with Crippen LogP contribution in [0.15, 0.2) is 48.9 Å². The quantitative estimate of drug-likeness (QED) is 0.244. The number of halogens is 3. The number of carbonyl (C=O) groups is 1. The number of pyridine rings is 1. The van der Waals surface area contributed by atoms with Crippen LogP contribution in [0.1, 0.15) is 38.6 Å². The molecule has 12 heteroatoms. The summed E-state index contributed by atoms with van der Waals surface area (Å²) < 4.78 is 46.4. The van der Waals surface area contributed by atoms with Crippen molar-refractivity contribution >= 4 is 23.6 Å². The Kier molecular flexibility index (Phi) is 8.98. The summed E-state index contributed by atoms with van der Waals surface area (Å²) in [6.07, 6.45) is 2.73. The van der Waals surface area contributed by atoms with Crippen molar-refractivity contribution in [1.82, 2.24) is 24.8 Å². The molecule has 40 heavy (non-hydrogen) atoms. The number of rotatable bonds is 6. The van der Waals surface area contributed by atoms with Crippen molar-refractivity contribution in [2.75, 3.05) is 45.7 Å². The molecule has 0 aliphatic carbocycles. The van der Waals surface area contributed by atoms with Gasteiger partial charge >= 0.3 is 6.18 Å². The number of likely N-dealkylation sites (N-methyl/N-ethyl adjacent to an activating group) is 1. The minimum Gasteiger partial charge on any atom is -0.481 e. The molecular weight excluding hydrogens is 523 g/mol. The predicted molar refractivity (Wildman–Crippen MR) is 145 cm³/mol. The Morgan fingerprint density at radius 2 is 1.95 bits per heavy atom. The first-order chi connectivity index (χ1) is 19.1. The average Bonchev–Trinajstić information content (AvgIpc) is 3.40. The molecular formula is C28H28F3N7O2. The number of amides is 1. The number of aromatic amines is 1. The Balaban J connectivity index is 1.45. The average molecular weight is 552 g/mol. The van der Waals surface area contributed by atoms with Crippen LogP contribution in [0, 0.1) is 17.3 Å². The first kappa shape index (κ1) is 28.5. The van der Waals surface area contributed by atoms with E-state index in [1.807, 2.05) is 11.9 Å². The molecule has 1 aliphatic heterocycles. The summed E-state index contributed by atoms with van der Waals surface area (Å²) in [5.74, 6) is 5.60. The fourth-order valence-electron chi connectivity index (χ4n) is 3.99. The van der Waals surface area contributed by atoms with Crippen molar-refractivity contribution in [2.45, 2.75) is 12.7 Å². The predicted octanol–water partition coefficient (Wildman–Crippen LogP) is 3.86. The third kappa shape index (κ3) is 7.78. The number of alkyl halides is 3. The van der Waals surface area contributed by atoms with Gasteiger partial charge in [-0.1, -0.05) is 12.0 Å². The molecule has 0 bridgehead atoms. The lowest BCUT2D eigenvalue weighted by Gasteiger charge is -2.33. The Labute approximate surface area is 229 Å². The Hall–Kier alpha value is -4.47. The molecule has 3 N–H and O–H groups in total. The molecule has 1 aliphatic rings. The largest absolute Gasteiger partial charge is 0.481 e. The van der Waals surface area contributed by atoms with Crippen molar-refractivity contribution in [1.29, 1.82) is 5.41 Å². The van der Waals surface area contributed by atoms with Gasteiger partial charge in [0.25, 0.3) is 5.91 Å². The van der Waals surface area contributed by atoms with E-state index < -0.39 is 17.6 Å². The molecule has 9 nitrogen and oxygen atoms in total. The number of ether oxygens (including phenoxy) is 1. The molecule has 0 unspecified atom stereocenters. The molecule has 0 saturated carbocycles. The Morgan fingerprint density at radius 1 is 1.18 bits per heavy atom. The highest BCUT2D eigenvalue weighted by Crippen LogP contribution is 2.34. The van der Waals surface area contributed by atoms with Gasteiger partial charge in [0.05, 0.1) is 24.4 Å². The molecule has 0 radical (unpaired) electrons. The van der Waals surface area contributed by atoms with Crippen LogP contribution in [0.3, 0.4) is 0 Å². The number of hydrogen-bond donors (Lipinski definition) is 3. The highest BCUT2D eigenvalue weighted by molar-refractivity contribution is 6.04. The second kappa shape index (κ2) is 12.6. The summed E-state index contributed by atoms with van der Waals surface area (Å²) in [6, 6.07) is 5.37. The standard InChI is InChI=1S/C28H28F3N7O2/c1-37-9-11-38(12-10-37)18-20-4-6-22(14-24(20)28(29,30)31)36-27(39)21-13-19(15-33-16-21)3-5-23-17-34-26(35-23)8-7-25(32)40-2/h4,6-8,13-17,32H,9-12,18H2,1-2H3,(H,34,35)(H,36,39)/b8-7-,32-25?. The number of hydrogen-bond acceptors (Lipinski definition) is 7. The first-order valence-corrected chi connectivity index (χ1v) is 12.4. The highest BCUT2D eigenvalue weighted by atomic mass is 19.4. The number of benzene rings is 1. The maximum Gasteiger partial charge on any atom is 0.416 e. The maximum absolute atomic E-state index is 13.9. The zero-order valence-electron chi connectivity index (χ0n) is 22.0. The fraction of sp³-hybridized carbons (Fsp3) is 0.286. The van der Waals surface area contributed by atoms with Crippen LogP contribution in [-0.2, 0) is 17.5 Å². The van der Waals surface area contributed by atoms with E-state index in [-0.39, 0.29) is 29.3 Å². The molecule has 0 atom stereocenters. The summed E-state index contributed by atoms with van der Waals surface area (Å²) in [4.78, 5) is 28.1. The second-order valence-corrected chi connectivity index (χ2v) is 9.20. The summed E-state index contributed by atoms with van der Waals surface area (Å²) >= 11 is 0. The molecule has 4 rings (SSSR count). The normalized spacial score (nSPS) is 14.5. The Bertz CT molecular complexity index is 1460. The van der Waals surface area contributed by atoms with Crippen molar-refractivity contribution < 1.29 is 22.7 Å². The van der Waals surface area contributed by atoms with Gasteiger partial charge in [-0.05, 0) is 42.8 Å². The Morgan fingerprint density at radius 3 is 2.67 bits per heavy atom. The zero-order chi connectivity index (χ0) is 28.7. The van der Waals surface area contributed by atoms with Gasteiger partial charge in [-0.25, -0.2) is 4.98 Å². The van der Waals surface area contributed by atoms with Crippen LogP contribution >= 0.6 is 0 Å². The molecule has 1 aromatic carbocycles. The number of anilines is 1. The molecule has 208 valence electrons. The minimum absolute atomic E-state index is 0.0265. The third-order valence-electron chi connectivity index (χ3n) is 6.21. The summed E-state index contributed by atoms with van der Waals surface area (Å²) in [7, 11) is 3.38. The number of nitrogens with one attached hydrogen (secondary N) is 3. The molecule has 2 aromatic heterocycles. The van der Waals surface area contributed by atoms with Gasteiger partial charge in [0.1, 0.15) is 11.5 Å². The van der Waals surface area contributed by atoms with Crippen molar-refractivity contribution in [3.05, 3.63) is 82.7 Å². The number of carbonyl (C=O) groups excluding carboxylic acids is 1. The van der Waals surface area contributed by atoms with Gasteiger partial charge in [-0.15, -0.1) is 0 Å². The lowest BCUT2D eigenvalue weighted by atomic mass is 10.0. The number of methoxy groups -OCH3 is 1. The first-order valence-electron chi connectivity index (χ1n) is 12.4. The molecule has 1 saturated heterocycles. The van der Waals surface area contributed by atoms with Crippen LogP contribution in [0.5, 0.6) is 0 Å². The maximum atomic E-state index is 13.9. The summed E-state index contributed by atoms with van der Waals surface area (Å²) in [6.45, 7) is 3.17. The van der Waals surface area contributed by atoms with Gasteiger partial charge < -0.3 is 19.9 Å². The van der Waals surface area contributed by atoms with E-state index in [0.717, 1.165) is 19.2 Å². The molecule has 0 spiro atoms. The monoisotopic (exact) mass is 551 g/mol. The van der Waals surface area contributed by atoms with Crippen molar-refractivity contribution in [3.8, 4) is 11.8 Å². The fourth-order valence-corrected chi connectivity index (χ4v) is 3.99. The molecule has 3 aromatic rings. The van der Waals surface area contributed by atoms with Gasteiger partial charge in [-0.2, -0.15) is 13.2 Å². The van der Waals surface area contributed by atoms with Gasteiger partial charge in [0.2, 0.25) is 5.90 Å². The summed E-state index contributed by atoms with van der Waals surface area (Å²) in [5.41, 5.74) is 0.510. The van der Waals surface area contributed by atoms with E-state index in [2.05, 4.69) is 37.0 Å². The van der Waals surface area contributed by atoms with E-state index in [9.17, 15) is 18.0 Å².